The highest BCUT2D eigenvalue weighted by atomic mass is 19.1. The van der Waals surface area contributed by atoms with Crippen LogP contribution in [0.2, 0.25) is 0 Å². The highest BCUT2D eigenvalue weighted by molar-refractivity contribution is 5.76. The molecule has 0 aliphatic rings. The Hall–Kier alpha value is -3.22. The molecule has 1 N–H and O–H groups in total. The van der Waals surface area contributed by atoms with E-state index in [0.29, 0.717) is 36.9 Å². The SMILES string of the molecule is CCCOc1ccc(CNC(=O)CCc2nc(-c3cccc(F)c3)no2)cc1. The fourth-order valence-corrected chi connectivity index (χ4v) is 2.53. The summed E-state index contributed by atoms with van der Waals surface area (Å²) in [5, 5.41) is 6.69. The topological polar surface area (TPSA) is 77.2 Å². The number of amides is 1. The second-order valence-electron chi connectivity index (χ2n) is 6.29. The van der Waals surface area contributed by atoms with Crippen LogP contribution in [0.4, 0.5) is 4.39 Å². The van der Waals surface area contributed by atoms with E-state index in [9.17, 15) is 9.18 Å². The Morgan fingerprint density at radius 1 is 1.21 bits per heavy atom. The molecular formula is C21H22FN3O3. The van der Waals surface area contributed by atoms with E-state index in [1.54, 1.807) is 12.1 Å². The summed E-state index contributed by atoms with van der Waals surface area (Å²) in [5.74, 6) is 0.986. The second kappa shape index (κ2) is 9.64. The van der Waals surface area contributed by atoms with Crippen molar-refractivity contribution < 1.29 is 18.4 Å². The molecule has 0 aliphatic carbocycles. The van der Waals surface area contributed by atoms with Crippen molar-refractivity contribution in [2.45, 2.75) is 32.7 Å². The van der Waals surface area contributed by atoms with E-state index in [1.807, 2.05) is 24.3 Å². The summed E-state index contributed by atoms with van der Waals surface area (Å²) in [6.45, 7) is 3.18. The second-order valence-corrected chi connectivity index (χ2v) is 6.29. The van der Waals surface area contributed by atoms with Crippen molar-refractivity contribution in [1.82, 2.24) is 15.5 Å². The summed E-state index contributed by atoms with van der Waals surface area (Å²) in [4.78, 5) is 16.3. The van der Waals surface area contributed by atoms with Gasteiger partial charge in [0.25, 0.3) is 0 Å². The zero-order valence-corrected chi connectivity index (χ0v) is 15.7. The maximum absolute atomic E-state index is 13.3. The van der Waals surface area contributed by atoms with Gasteiger partial charge < -0.3 is 14.6 Å². The Morgan fingerprint density at radius 3 is 2.79 bits per heavy atom. The number of hydrogen-bond donors (Lipinski definition) is 1. The molecule has 0 bridgehead atoms. The third-order valence-corrected chi connectivity index (χ3v) is 4.00. The van der Waals surface area contributed by atoms with E-state index in [2.05, 4.69) is 22.4 Å². The Morgan fingerprint density at radius 2 is 2.04 bits per heavy atom. The fraction of sp³-hybridized carbons (Fsp3) is 0.286. The minimum absolute atomic E-state index is 0.114. The summed E-state index contributed by atoms with van der Waals surface area (Å²) in [5.41, 5.74) is 1.52. The molecule has 1 aromatic heterocycles. The zero-order chi connectivity index (χ0) is 19.8. The quantitative estimate of drug-likeness (QED) is 0.606. The first-order chi connectivity index (χ1) is 13.6. The average Bonchev–Trinajstić information content (AvgIpc) is 3.19. The first-order valence-electron chi connectivity index (χ1n) is 9.21. The van der Waals surface area contributed by atoms with Crippen LogP contribution in [-0.2, 0) is 17.8 Å². The number of hydrogen-bond acceptors (Lipinski definition) is 5. The van der Waals surface area contributed by atoms with Crippen molar-refractivity contribution in [3.05, 3.63) is 65.8 Å². The van der Waals surface area contributed by atoms with Crippen molar-refractivity contribution in [2.24, 2.45) is 0 Å². The summed E-state index contributed by atoms with van der Waals surface area (Å²) >= 11 is 0. The molecule has 0 saturated heterocycles. The maximum atomic E-state index is 13.3. The number of rotatable bonds is 9. The predicted molar refractivity (Wildman–Crippen MR) is 102 cm³/mol. The van der Waals surface area contributed by atoms with Gasteiger partial charge in [-0.25, -0.2) is 4.39 Å². The van der Waals surface area contributed by atoms with Crippen LogP contribution in [0.1, 0.15) is 31.2 Å². The van der Waals surface area contributed by atoms with Crippen LogP contribution in [0, 0.1) is 5.82 Å². The lowest BCUT2D eigenvalue weighted by Gasteiger charge is -2.07. The van der Waals surface area contributed by atoms with E-state index < -0.39 is 0 Å². The third kappa shape index (κ3) is 5.64. The van der Waals surface area contributed by atoms with Gasteiger partial charge in [0.15, 0.2) is 0 Å². The highest BCUT2D eigenvalue weighted by Crippen LogP contribution is 2.17. The van der Waals surface area contributed by atoms with Gasteiger partial charge >= 0.3 is 0 Å². The number of benzene rings is 2. The average molecular weight is 383 g/mol. The van der Waals surface area contributed by atoms with Crippen LogP contribution in [-0.4, -0.2) is 22.7 Å². The molecule has 0 saturated carbocycles. The van der Waals surface area contributed by atoms with E-state index in [1.165, 1.54) is 12.1 Å². The number of halogens is 1. The number of aromatic nitrogens is 2. The minimum atomic E-state index is -0.367. The van der Waals surface area contributed by atoms with Crippen LogP contribution in [0.15, 0.2) is 53.1 Å². The molecule has 1 amide bonds. The van der Waals surface area contributed by atoms with Gasteiger partial charge in [0.2, 0.25) is 17.6 Å². The molecule has 3 rings (SSSR count). The van der Waals surface area contributed by atoms with E-state index in [0.717, 1.165) is 17.7 Å². The first kappa shape index (κ1) is 19.5. The summed E-state index contributed by atoms with van der Waals surface area (Å²) in [7, 11) is 0. The highest BCUT2D eigenvalue weighted by Gasteiger charge is 2.11. The Labute approximate surface area is 162 Å². The number of carbonyl (C=O) groups excluding carboxylic acids is 1. The fourth-order valence-electron chi connectivity index (χ4n) is 2.53. The zero-order valence-electron chi connectivity index (χ0n) is 15.7. The molecule has 0 aliphatic heterocycles. The van der Waals surface area contributed by atoms with E-state index >= 15 is 0 Å². The molecule has 146 valence electrons. The lowest BCUT2D eigenvalue weighted by molar-refractivity contribution is -0.121. The van der Waals surface area contributed by atoms with Gasteiger partial charge in [-0.3, -0.25) is 4.79 Å². The Kier molecular flexibility index (Phi) is 6.73. The van der Waals surface area contributed by atoms with Crippen molar-refractivity contribution in [1.29, 1.82) is 0 Å². The lowest BCUT2D eigenvalue weighted by Crippen LogP contribution is -2.23. The van der Waals surface area contributed by atoms with Gasteiger partial charge in [0.1, 0.15) is 11.6 Å². The molecule has 28 heavy (non-hydrogen) atoms. The van der Waals surface area contributed by atoms with E-state index in [4.69, 9.17) is 9.26 Å². The van der Waals surface area contributed by atoms with Crippen molar-refractivity contribution in [2.75, 3.05) is 6.61 Å². The van der Waals surface area contributed by atoms with Gasteiger partial charge in [0.05, 0.1) is 6.61 Å². The number of nitrogens with one attached hydrogen (secondary N) is 1. The minimum Gasteiger partial charge on any atom is -0.494 e. The molecule has 3 aromatic rings. The van der Waals surface area contributed by atoms with Gasteiger partial charge in [0, 0.05) is 24.9 Å². The summed E-state index contributed by atoms with van der Waals surface area (Å²) in [6, 6.07) is 13.6. The van der Waals surface area contributed by atoms with Crippen molar-refractivity contribution in [3.63, 3.8) is 0 Å². The first-order valence-corrected chi connectivity index (χ1v) is 9.21. The number of ether oxygens (including phenoxy) is 1. The Balaban J connectivity index is 1.44. The molecular weight excluding hydrogens is 361 g/mol. The predicted octanol–water partition coefficient (Wildman–Crippen LogP) is 3.91. The Bertz CT molecular complexity index is 909. The largest absolute Gasteiger partial charge is 0.494 e. The van der Waals surface area contributed by atoms with Gasteiger partial charge in [-0.1, -0.05) is 36.3 Å². The van der Waals surface area contributed by atoms with Crippen molar-refractivity contribution in [3.8, 4) is 17.1 Å². The van der Waals surface area contributed by atoms with Gasteiger partial charge in [-0.05, 0) is 36.2 Å². The molecule has 0 fully saturated rings. The summed E-state index contributed by atoms with van der Waals surface area (Å²) < 4.78 is 23.9. The smallest absolute Gasteiger partial charge is 0.227 e. The van der Waals surface area contributed by atoms with Gasteiger partial charge in [-0.2, -0.15) is 4.98 Å². The molecule has 0 atom stereocenters. The van der Waals surface area contributed by atoms with Crippen LogP contribution in [0.25, 0.3) is 11.4 Å². The van der Waals surface area contributed by atoms with Crippen LogP contribution in [0.3, 0.4) is 0 Å². The van der Waals surface area contributed by atoms with Crippen LogP contribution >= 0.6 is 0 Å². The van der Waals surface area contributed by atoms with Crippen LogP contribution in [0.5, 0.6) is 5.75 Å². The number of nitrogens with zero attached hydrogens (tertiary/aromatic N) is 2. The molecule has 7 heteroatoms. The molecule has 6 nitrogen and oxygen atoms in total. The van der Waals surface area contributed by atoms with Crippen molar-refractivity contribution >= 4 is 5.91 Å². The van der Waals surface area contributed by atoms with E-state index in [-0.39, 0.29) is 18.1 Å². The third-order valence-electron chi connectivity index (χ3n) is 4.00. The summed E-state index contributed by atoms with van der Waals surface area (Å²) in [6.07, 6.45) is 1.50. The number of carbonyl (C=O) groups is 1. The van der Waals surface area contributed by atoms with Crippen LogP contribution < -0.4 is 10.1 Å². The standard InChI is InChI=1S/C21H22FN3O3/c1-2-12-27-18-8-6-15(7-9-18)14-23-19(26)10-11-20-24-21(25-28-20)16-4-3-5-17(22)13-16/h3-9,13H,2,10-12,14H2,1H3,(H,23,26). The molecule has 0 spiro atoms. The maximum Gasteiger partial charge on any atom is 0.227 e. The monoisotopic (exact) mass is 383 g/mol. The number of aryl methyl sites for hydroxylation is 1. The lowest BCUT2D eigenvalue weighted by atomic mass is 10.2. The molecule has 0 unspecified atom stereocenters. The molecule has 1 heterocycles. The normalized spacial score (nSPS) is 10.6. The van der Waals surface area contributed by atoms with Gasteiger partial charge in [-0.15, -0.1) is 0 Å². The molecule has 0 radical (unpaired) electrons. The molecule has 2 aromatic carbocycles.